The molecule has 2 aliphatic rings. The average molecular weight is 965 g/mol. The number of hydrogen-bond acceptors (Lipinski definition) is 12. The fourth-order valence-corrected chi connectivity index (χ4v) is 9.56. The van der Waals surface area contributed by atoms with Gasteiger partial charge in [-0.25, -0.2) is 4.79 Å². The molecule has 18 nitrogen and oxygen atoms in total. The first kappa shape index (κ1) is 56.3. The van der Waals surface area contributed by atoms with Crippen molar-refractivity contribution in [2.45, 2.75) is 123 Å². The molecule has 9 atom stereocenters. The molecule has 3 N–H and O–H groups in total. The molecule has 18 heteroatoms. The van der Waals surface area contributed by atoms with Gasteiger partial charge in [0.25, 0.3) is 11.8 Å². The monoisotopic (exact) mass is 965 g/mol. The topological polar surface area (TPSA) is 214 Å². The van der Waals surface area contributed by atoms with Gasteiger partial charge in [-0.05, 0) is 55.3 Å². The Balaban J connectivity index is 1.37. The van der Waals surface area contributed by atoms with Crippen molar-refractivity contribution in [2.75, 3.05) is 61.2 Å². The minimum atomic E-state index is -1.16. The van der Waals surface area contributed by atoms with E-state index < -0.39 is 72.0 Å². The highest BCUT2D eigenvalue weighted by molar-refractivity contribution is 6.20. The van der Waals surface area contributed by atoms with Gasteiger partial charge in [-0.3, -0.25) is 38.5 Å². The Morgan fingerprint density at radius 1 is 0.812 bits per heavy atom. The zero-order valence-corrected chi connectivity index (χ0v) is 42.3. The van der Waals surface area contributed by atoms with Crippen molar-refractivity contribution in [3.63, 3.8) is 0 Å². The Morgan fingerprint density at radius 2 is 1.43 bits per heavy atom. The molecule has 0 spiro atoms. The van der Waals surface area contributed by atoms with E-state index in [4.69, 9.17) is 19.0 Å². The van der Waals surface area contributed by atoms with Crippen LogP contribution in [0, 0.1) is 23.7 Å². The number of imide groups is 1. The highest BCUT2D eigenvalue weighted by Crippen LogP contribution is 2.30. The number of aliphatic carboxylic acids is 1. The lowest BCUT2D eigenvalue weighted by molar-refractivity contribution is -0.148. The standard InChI is InChI=1S/C51H76N6O12/c1-12-33(6)44(40(66-10)30-41(58)56-24-18-23-39(56)45(67-11)34(7)46(59)52-38(51(64)65)29-35-19-14-13-15-20-35)55(9)50(63)42(31(2)3)53-47(60)43(32(4)5)54(8)25-26-68-27-28-69-57-48(61)36-21-16-17-22-37(36)49(57)62/h13-17,19-22,31-34,38-40,42-45H,12,18,23-30H2,1-11H3,(H,52,59)(H,53,60)(H,64,65)/t33-,34+,38-,39-,40+,42-,43-,44-,45+/m0/s1. The van der Waals surface area contributed by atoms with E-state index in [0.717, 1.165) is 10.6 Å². The number of carbonyl (C=O) groups excluding carboxylic acids is 6. The summed E-state index contributed by atoms with van der Waals surface area (Å²) in [5.41, 5.74) is 1.34. The van der Waals surface area contributed by atoms with Crippen molar-refractivity contribution >= 4 is 41.4 Å². The van der Waals surface area contributed by atoms with E-state index in [1.807, 2.05) is 64.6 Å². The van der Waals surface area contributed by atoms with E-state index in [-0.39, 0.29) is 79.3 Å². The molecule has 1 fully saturated rings. The second-order valence-corrected chi connectivity index (χ2v) is 19.0. The number of carboxylic acid groups (broad SMARTS) is 1. The van der Waals surface area contributed by atoms with Crippen molar-refractivity contribution in [1.29, 1.82) is 0 Å². The second kappa shape index (κ2) is 26.6. The van der Waals surface area contributed by atoms with Gasteiger partial charge in [-0.2, -0.15) is 0 Å². The number of nitrogens with zero attached hydrogens (tertiary/aromatic N) is 4. The van der Waals surface area contributed by atoms with Gasteiger partial charge in [0.2, 0.25) is 23.6 Å². The van der Waals surface area contributed by atoms with Gasteiger partial charge in [-0.1, -0.05) is 97.4 Å². The van der Waals surface area contributed by atoms with Crippen molar-refractivity contribution < 1.29 is 57.7 Å². The number of carbonyl (C=O) groups is 7. The first-order valence-electron chi connectivity index (χ1n) is 24.2. The Morgan fingerprint density at radius 3 is 1.99 bits per heavy atom. The average Bonchev–Trinajstić information content (AvgIpc) is 3.90. The summed E-state index contributed by atoms with van der Waals surface area (Å²) in [6, 6.07) is 11.9. The molecular weight excluding hydrogens is 889 g/mol. The number of ether oxygens (including phenoxy) is 3. The maximum absolute atomic E-state index is 14.6. The third-order valence-corrected chi connectivity index (χ3v) is 13.6. The SMILES string of the molecule is CC[C@H](C)[C@@H]([C@@H](CC(=O)N1CCC[C@H]1[C@H](OC)[C@@H](C)C(=O)N[C@@H](Cc1ccccc1)C(=O)O)OC)N(C)C(=O)[C@@H](NC(=O)[C@H](C(C)C)N(C)CCOCCON1C(=O)c2ccccc2C1=O)C(C)C. The fourth-order valence-electron chi connectivity index (χ4n) is 9.56. The van der Waals surface area contributed by atoms with Crippen LogP contribution in [0.1, 0.15) is 100 Å². The van der Waals surface area contributed by atoms with E-state index in [0.29, 0.717) is 32.4 Å². The molecule has 6 amide bonds. The molecule has 0 aliphatic carbocycles. The van der Waals surface area contributed by atoms with E-state index in [1.165, 1.54) is 14.2 Å². The number of hydrogen-bond donors (Lipinski definition) is 3. The van der Waals surface area contributed by atoms with E-state index in [1.54, 1.807) is 67.2 Å². The van der Waals surface area contributed by atoms with Crippen molar-refractivity contribution in [1.82, 2.24) is 30.4 Å². The number of fused-ring (bicyclic) bond motifs is 1. The summed E-state index contributed by atoms with van der Waals surface area (Å²) in [5, 5.41) is 16.4. The fraction of sp³-hybridized carbons (Fsp3) is 0.627. The van der Waals surface area contributed by atoms with Gasteiger partial charge < -0.3 is 39.8 Å². The van der Waals surface area contributed by atoms with Crippen LogP contribution in [0.15, 0.2) is 54.6 Å². The number of methoxy groups -OCH3 is 2. The molecule has 1 saturated heterocycles. The van der Waals surface area contributed by atoms with Crippen LogP contribution in [-0.4, -0.2) is 170 Å². The van der Waals surface area contributed by atoms with Crippen LogP contribution in [0.25, 0.3) is 0 Å². The summed E-state index contributed by atoms with van der Waals surface area (Å²) < 4.78 is 17.7. The zero-order valence-electron chi connectivity index (χ0n) is 42.3. The number of carboxylic acids is 1. The Bertz CT molecular complexity index is 2020. The summed E-state index contributed by atoms with van der Waals surface area (Å²) in [7, 11) is 6.48. The number of likely N-dealkylation sites (N-methyl/N-ethyl adjacent to an activating group) is 2. The summed E-state index contributed by atoms with van der Waals surface area (Å²) in [6.07, 6.45) is 0.500. The number of nitrogens with one attached hydrogen (secondary N) is 2. The van der Waals surface area contributed by atoms with Gasteiger partial charge in [0.05, 0.1) is 73.6 Å². The van der Waals surface area contributed by atoms with Gasteiger partial charge >= 0.3 is 5.97 Å². The Hall–Kier alpha value is -5.27. The summed E-state index contributed by atoms with van der Waals surface area (Å²) in [5.74, 6) is -4.93. The van der Waals surface area contributed by atoms with Gasteiger partial charge in [0.15, 0.2) is 0 Å². The third kappa shape index (κ3) is 14.4. The molecule has 0 aromatic heterocycles. The maximum Gasteiger partial charge on any atom is 0.326 e. The highest BCUT2D eigenvalue weighted by Gasteiger charge is 2.44. The summed E-state index contributed by atoms with van der Waals surface area (Å²) in [4.78, 5) is 105. The number of benzene rings is 2. The van der Waals surface area contributed by atoms with E-state index >= 15 is 0 Å². The van der Waals surface area contributed by atoms with Gasteiger partial charge in [-0.15, -0.1) is 5.06 Å². The smallest absolute Gasteiger partial charge is 0.326 e. The lowest BCUT2D eigenvalue weighted by Crippen LogP contribution is -2.60. The van der Waals surface area contributed by atoms with Crippen LogP contribution < -0.4 is 10.6 Å². The third-order valence-electron chi connectivity index (χ3n) is 13.6. The molecule has 0 radical (unpaired) electrons. The molecule has 69 heavy (non-hydrogen) atoms. The Kier molecular flexibility index (Phi) is 21.7. The molecule has 0 unspecified atom stereocenters. The summed E-state index contributed by atoms with van der Waals surface area (Å²) >= 11 is 0. The predicted octanol–water partition coefficient (Wildman–Crippen LogP) is 4.06. The molecule has 4 rings (SSSR count). The number of amides is 6. The van der Waals surface area contributed by atoms with Crippen LogP contribution in [0.2, 0.25) is 0 Å². The van der Waals surface area contributed by atoms with E-state index in [2.05, 4.69) is 10.6 Å². The van der Waals surface area contributed by atoms with Crippen molar-refractivity contribution in [3.8, 4) is 0 Å². The molecule has 2 aliphatic heterocycles. The maximum atomic E-state index is 14.6. The van der Waals surface area contributed by atoms with Crippen LogP contribution >= 0.6 is 0 Å². The second-order valence-electron chi connectivity index (χ2n) is 19.0. The van der Waals surface area contributed by atoms with Crippen LogP contribution in [0.4, 0.5) is 0 Å². The van der Waals surface area contributed by atoms with E-state index in [9.17, 15) is 38.7 Å². The number of likely N-dealkylation sites (tertiary alicyclic amines) is 1. The zero-order chi connectivity index (χ0) is 51.1. The lowest BCUT2D eigenvalue weighted by Gasteiger charge is -2.41. The molecule has 0 bridgehead atoms. The van der Waals surface area contributed by atoms with Crippen LogP contribution in [0.3, 0.4) is 0 Å². The van der Waals surface area contributed by atoms with Crippen LogP contribution in [0.5, 0.6) is 0 Å². The molecule has 382 valence electrons. The van der Waals surface area contributed by atoms with Crippen molar-refractivity contribution in [2.24, 2.45) is 23.7 Å². The van der Waals surface area contributed by atoms with Crippen LogP contribution in [-0.2, 0) is 49.4 Å². The largest absolute Gasteiger partial charge is 0.480 e. The predicted molar refractivity (Wildman–Crippen MR) is 258 cm³/mol. The minimum Gasteiger partial charge on any atom is -0.480 e. The van der Waals surface area contributed by atoms with Gasteiger partial charge in [0.1, 0.15) is 12.1 Å². The molecule has 0 saturated carbocycles. The molecule has 2 aromatic carbocycles. The lowest BCUT2D eigenvalue weighted by atomic mass is 9.89. The first-order chi connectivity index (χ1) is 32.8. The normalized spacial score (nSPS) is 18.4. The summed E-state index contributed by atoms with van der Waals surface area (Å²) in [6.45, 7) is 14.3. The molecule has 2 heterocycles. The minimum absolute atomic E-state index is 0.0365. The Labute approximate surface area is 407 Å². The quantitative estimate of drug-likeness (QED) is 0.0812. The highest BCUT2D eigenvalue weighted by atomic mass is 16.7. The molecule has 2 aromatic rings. The van der Waals surface area contributed by atoms with Gasteiger partial charge in [0, 0.05) is 40.8 Å². The first-order valence-corrected chi connectivity index (χ1v) is 24.2. The molecular formula is C51H76N6O12. The number of rotatable bonds is 28. The van der Waals surface area contributed by atoms with Crippen molar-refractivity contribution in [3.05, 3.63) is 71.3 Å². The number of hydroxylamine groups is 2.